The number of aryl methyl sites for hydroxylation is 3. The number of anilines is 5. The Balaban J connectivity index is 1.33. The predicted molar refractivity (Wildman–Crippen MR) is 213 cm³/mol. The summed E-state index contributed by atoms with van der Waals surface area (Å²) in [6.07, 6.45) is 10.8. The van der Waals surface area contributed by atoms with Crippen LogP contribution in [0.1, 0.15) is 105 Å². The molecule has 0 bridgehead atoms. The molecule has 1 unspecified atom stereocenters. The molecule has 0 radical (unpaired) electrons. The normalized spacial score (nSPS) is 19.6. The predicted octanol–water partition coefficient (Wildman–Crippen LogP) is 9.82. The fourth-order valence-electron chi connectivity index (χ4n) is 10.4. The van der Waals surface area contributed by atoms with Crippen molar-refractivity contribution in [1.29, 1.82) is 0 Å². The van der Waals surface area contributed by atoms with E-state index in [1.54, 1.807) is 22.3 Å². The van der Waals surface area contributed by atoms with Crippen LogP contribution in [0.5, 0.6) is 0 Å². The number of rotatable bonds is 2. The molecule has 0 aromatic heterocycles. The van der Waals surface area contributed by atoms with Crippen LogP contribution in [0, 0.1) is 5.41 Å². The maximum atomic E-state index is 2.84. The molecule has 5 aromatic carbocycles. The Bertz CT molecular complexity index is 2190. The summed E-state index contributed by atoms with van der Waals surface area (Å²) in [5.41, 5.74) is 22.4. The first-order valence-electron chi connectivity index (χ1n) is 19.4. The lowest BCUT2D eigenvalue weighted by Crippen LogP contribution is -2.62. The molecule has 0 saturated carbocycles. The molecule has 0 N–H and O–H groups in total. The summed E-state index contributed by atoms with van der Waals surface area (Å²) in [5.74, 6) is 0. The van der Waals surface area contributed by atoms with E-state index < -0.39 is 0 Å². The van der Waals surface area contributed by atoms with Gasteiger partial charge in [0, 0.05) is 28.4 Å². The van der Waals surface area contributed by atoms with Gasteiger partial charge in [0.1, 0.15) is 0 Å². The first-order chi connectivity index (χ1) is 24.1. The van der Waals surface area contributed by atoms with E-state index in [1.807, 2.05) is 0 Å². The van der Waals surface area contributed by atoms with Crippen LogP contribution in [0.4, 0.5) is 28.4 Å². The zero-order valence-corrected chi connectivity index (χ0v) is 30.6. The van der Waals surface area contributed by atoms with Gasteiger partial charge in [-0.15, -0.1) is 0 Å². The van der Waals surface area contributed by atoms with Crippen LogP contribution in [0.25, 0.3) is 0 Å². The number of nitrogens with zero attached hydrogens (tertiary/aromatic N) is 2. The Hall–Kier alpha value is -4.24. The van der Waals surface area contributed by atoms with Crippen molar-refractivity contribution in [2.24, 2.45) is 5.41 Å². The van der Waals surface area contributed by atoms with E-state index >= 15 is 0 Å². The number of hydrogen-bond donors (Lipinski definition) is 0. The molecule has 5 aliphatic rings. The lowest BCUT2D eigenvalue weighted by molar-refractivity contribution is 0.392. The molecule has 1 atom stereocenters. The highest BCUT2D eigenvalue weighted by Gasteiger charge is 2.47. The largest absolute Gasteiger partial charge is 0.335 e. The molecule has 0 saturated heterocycles. The van der Waals surface area contributed by atoms with Crippen LogP contribution in [0.15, 0.2) is 91.0 Å². The summed E-state index contributed by atoms with van der Waals surface area (Å²) in [6, 6.07) is 36.6. The van der Waals surface area contributed by atoms with Gasteiger partial charge in [0.15, 0.2) is 0 Å². The number of fused-ring (bicyclic) bond motifs is 7. The zero-order chi connectivity index (χ0) is 33.9. The van der Waals surface area contributed by atoms with Gasteiger partial charge in [-0.3, -0.25) is 0 Å². The Morgan fingerprint density at radius 3 is 2.02 bits per heavy atom. The lowest BCUT2D eigenvalue weighted by Gasteiger charge is -2.48. The van der Waals surface area contributed by atoms with Gasteiger partial charge >= 0.3 is 0 Å². The van der Waals surface area contributed by atoms with Gasteiger partial charge in [0.05, 0.1) is 6.04 Å². The van der Waals surface area contributed by atoms with Crippen molar-refractivity contribution >= 4 is 51.5 Å². The molecule has 2 aliphatic heterocycles. The van der Waals surface area contributed by atoms with Crippen molar-refractivity contribution < 1.29 is 0 Å². The molecule has 50 heavy (non-hydrogen) atoms. The maximum Gasteiger partial charge on any atom is 0.252 e. The summed E-state index contributed by atoms with van der Waals surface area (Å²) in [5, 5.41) is 0. The van der Waals surface area contributed by atoms with E-state index in [4.69, 9.17) is 0 Å². The van der Waals surface area contributed by atoms with Crippen molar-refractivity contribution in [2.75, 3.05) is 9.80 Å². The molecule has 2 nitrogen and oxygen atoms in total. The zero-order valence-electron chi connectivity index (χ0n) is 30.6. The van der Waals surface area contributed by atoms with Crippen molar-refractivity contribution in [3.63, 3.8) is 0 Å². The minimum absolute atomic E-state index is 0.00209. The summed E-state index contributed by atoms with van der Waals surface area (Å²) < 4.78 is 0. The van der Waals surface area contributed by atoms with Crippen LogP contribution in [0.2, 0.25) is 0 Å². The van der Waals surface area contributed by atoms with E-state index in [0.29, 0.717) is 11.5 Å². The summed E-state index contributed by atoms with van der Waals surface area (Å²) >= 11 is 0. The van der Waals surface area contributed by atoms with Crippen LogP contribution in [-0.2, 0) is 37.5 Å². The molecule has 3 heteroatoms. The second-order valence-corrected chi connectivity index (χ2v) is 17.8. The summed E-state index contributed by atoms with van der Waals surface area (Å²) in [6.45, 7) is 12.3. The lowest BCUT2D eigenvalue weighted by atomic mass is 9.33. The number of hydrogen-bond acceptors (Lipinski definition) is 2. The SMILES string of the molecule is CC1(C)Cc2cc3c(cc2C1)N(C1CCCc2ccccc21)c1cc(C(C)(C)C)cc2c1B3c1cc3c(cc1N2c1ccccc1)CCCC3. The van der Waals surface area contributed by atoms with Gasteiger partial charge in [0.25, 0.3) is 6.71 Å². The molecule has 0 fully saturated rings. The van der Waals surface area contributed by atoms with Crippen LogP contribution < -0.4 is 26.2 Å². The van der Waals surface area contributed by atoms with E-state index in [-0.39, 0.29) is 12.1 Å². The molecule has 0 amide bonds. The van der Waals surface area contributed by atoms with E-state index in [2.05, 4.69) is 135 Å². The fourth-order valence-corrected chi connectivity index (χ4v) is 10.4. The Labute approximate surface area is 299 Å². The fraction of sp³-hybridized carbons (Fsp3) is 0.362. The highest BCUT2D eigenvalue weighted by Crippen LogP contribution is 2.50. The van der Waals surface area contributed by atoms with E-state index in [0.717, 1.165) is 12.8 Å². The molecular weight excluding hydrogens is 603 g/mol. The van der Waals surface area contributed by atoms with Gasteiger partial charge in [-0.2, -0.15) is 0 Å². The van der Waals surface area contributed by atoms with Crippen molar-refractivity contribution in [1.82, 2.24) is 0 Å². The Morgan fingerprint density at radius 2 is 1.24 bits per heavy atom. The first-order valence-corrected chi connectivity index (χ1v) is 19.4. The van der Waals surface area contributed by atoms with Crippen molar-refractivity contribution in [3.8, 4) is 0 Å². The first kappa shape index (κ1) is 30.6. The third-order valence-electron chi connectivity index (χ3n) is 12.8. The van der Waals surface area contributed by atoms with Gasteiger partial charge in [-0.25, -0.2) is 0 Å². The van der Waals surface area contributed by atoms with Crippen LogP contribution in [-0.4, -0.2) is 6.71 Å². The number of para-hydroxylation sites is 1. The van der Waals surface area contributed by atoms with Crippen LogP contribution >= 0.6 is 0 Å². The molecule has 10 rings (SSSR count). The van der Waals surface area contributed by atoms with Gasteiger partial charge in [0.2, 0.25) is 0 Å². The van der Waals surface area contributed by atoms with Crippen molar-refractivity contribution in [2.45, 2.75) is 104 Å². The molecule has 2 heterocycles. The maximum absolute atomic E-state index is 2.84. The van der Waals surface area contributed by atoms with Gasteiger partial charge < -0.3 is 9.80 Å². The average Bonchev–Trinajstić information content (AvgIpc) is 3.42. The second-order valence-electron chi connectivity index (χ2n) is 17.8. The van der Waals surface area contributed by atoms with Crippen LogP contribution in [0.3, 0.4) is 0 Å². The minimum atomic E-state index is -0.00209. The summed E-state index contributed by atoms with van der Waals surface area (Å²) in [7, 11) is 0. The monoisotopic (exact) mass is 652 g/mol. The second kappa shape index (κ2) is 10.9. The van der Waals surface area contributed by atoms with Crippen molar-refractivity contribution in [3.05, 3.63) is 130 Å². The average molecular weight is 653 g/mol. The molecule has 0 spiro atoms. The number of benzene rings is 5. The summed E-state index contributed by atoms with van der Waals surface area (Å²) in [4.78, 5) is 5.49. The molecular formula is C47H49BN2. The highest BCUT2D eigenvalue weighted by atomic mass is 15.2. The molecule has 250 valence electrons. The standard InChI is InChI=1S/C47H49BN2/c1-46(2,3)35-26-43-45-44(27-35)50(40-21-13-17-30-14-11-12-20-37(30)40)42-25-34-29-47(4,5)28-33(34)23-39(42)48(45)38-22-31-15-9-10-16-32(31)24-41(38)49(43)36-18-7-6-8-19-36/h6-8,11-12,14,18-20,22-27,40H,9-10,13,15-17,21,28-29H2,1-5H3. The van der Waals surface area contributed by atoms with Gasteiger partial charge in [-0.05, 0) is 160 Å². The Kier molecular flexibility index (Phi) is 6.65. The third-order valence-corrected chi connectivity index (χ3v) is 12.8. The molecule has 3 aliphatic carbocycles. The van der Waals surface area contributed by atoms with Gasteiger partial charge in [-0.1, -0.05) is 89.2 Å². The molecule has 5 aromatic rings. The van der Waals surface area contributed by atoms with E-state index in [9.17, 15) is 0 Å². The third kappa shape index (κ3) is 4.61. The smallest absolute Gasteiger partial charge is 0.252 e. The topological polar surface area (TPSA) is 6.48 Å². The minimum Gasteiger partial charge on any atom is -0.335 e. The quantitative estimate of drug-likeness (QED) is 0.172. The Morgan fingerprint density at radius 1 is 0.620 bits per heavy atom. The van der Waals surface area contributed by atoms with E-state index in [1.165, 1.54) is 106 Å². The highest BCUT2D eigenvalue weighted by molar-refractivity contribution is 7.00.